The number of carbonyl (C=O) groups is 3. The van der Waals surface area contributed by atoms with Crippen molar-refractivity contribution in [1.29, 1.82) is 0 Å². The van der Waals surface area contributed by atoms with Gasteiger partial charge in [0.2, 0.25) is 0 Å². The lowest BCUT2D eigenvalue weighted by Crippen LogP contribution is -2.49. The van der Waals surface area contributed by atoms with Crippen LogP contribution in [0, 0.1) is 0 Å². The number of likely N-dealkylation sites (N-methyl/N-ethyl adjacent to an activating group) is 1. The SMILES string of the molecule is CCCCCCCCCCCCCCCC(=O)OC(C(=O)C(N)CCC(=O)O)C(CO)OP(=O)(O)OCC[N+](C)(C)C. The van der Waals surface area contributed by atoms with Gasteiger partial charge in [-0.15, -0.1) is 0 Å². The lowest BCUT2D eigenvalue weighted by molar-refractivity contribution is -0.870. The molecule has 0 aliphatic carbocycles. The fourth-order valence-corrected chi connectivity index (χ4v) is 5.15. The number of nitrogens with two attached hydrogens (primary N) is 1. The normalized spacial score (nSPS) is 15.5. The summed E-state index contributed by atoms with van der Waals surface area (Å²) in [5.74, 6) is -2.84. The Balaban J connectivity index is 4.85. The molecule has 0 saturated heterocycles. The van der Waals surface area contributed by atoms with Crippen LogP contribution in [0.4, 0.5) is 0 Å². The van der Waals surface area contributed by atoms with Crippen molar-refractivity contribution in [1.82, 2.24) is 0 Å². The summed E-state index contributed by atoms with van der Waals surface area (Å²) in [6, 6.07) is -1.36. The number of rotatable bonds is 28. The Bertz CT molecular complexity index is 806. The molecule has 248 valence electrons. The maximum absolute atomic E-state index is 13.0. The molecule has 0 bridgehead atoms. The average molecular weight is 626 g/mol. The first kappa shape index (κ1) is 40.6. The third-order valence-electron chi connectivity index (χ3n) is 6.86. The minimum atomic E-state index is -4.75. The smallest absolute Gasteiger partial charge is 0.472 e. The summed E-state index contributed by atoms with van der Waals surface area (Å²) in [6.45, 7) is 1.49. The first-order valence-electron chi connectivity index (χ1n) is 15.5. The van der Waals surface area contributed by atoms with Gasteiger partial charge in [0.1, 0.15) is 19.3 Å². The number of ketones is 1. The molecule has 0 amide bonds. The minimum absolute atomic E-state index is 0.000832. The van der Waals surface area contributed by atoms with E-state index in [2.05, 4.69) is 6.92 Å². The zero-order chi connectivity index (χ0) is 32.0. The second kappa shape index (κ2) is 23.0. The zero-order valence-electron chi connectivity index (χ0n) is 26.3. The van der Waals surface area contributed by atoms with Crippen LogP contribution in [0.5, 0.6) is 0 Å². The number of carboxylic acid groups (broad SMARTS) is 1. The number of carbonyl (C=O) groups excluding carboxylic acids is 2. The van der Waals surface area contributed by atoms with Crippen LogP contribution in [-0.2, 0) is 32.7 Å². The van der Waals surface area contributed by atoms with E-state index < -0.39 is 56.8 Å². The van der Waals surface area contributed by atoms with Crippen LogP contribution in [0.1, 0.15) is 110 Å². The van der Waals surface area contributed by atoms with Crippen LogP contribution in [0.2, 0.25) is 0 Å². The zero-order valence-corrected chi connectivity index (χ0v) is 27.2. The van der Waals surface area contributed by atoms with E-state index in [4.69, 9.17) is 24.6 Å². The van der Waals surface area contributed by atoms with Gasteiger partial charge in [-0.25, -0.2) is 4.57 Å². The summed E-state index contributed by atoms with van der Waals surface area (Å²) in [6.07, 6.45) is 10.6. The first-order chi connectivity index (χ1) is 19.7. The molecule has 0 aliphatic rings. The maximum atomic E-state index is 13.0. The van der Waals surface area contributed by atoms with Crippen LogP contribution in [0.25, 0.3) is 0 Å². The molecule has 4 atom stereocenters. The van der Waals surface area contributed by atoms with E-state index in [0.717, 1.165) is 25.7 Å². The largest absolute Gasteiger partial charge is 0.481 e. The highest BCUT2D eigenvalue weighted by Crippen LogP contribution is 2.45. The van der Waals surface area contributed by atoms with Gasteiger partial charge < -0.3 is 30.1 Å². The number of aliphatic hydroxyl groups is 1. The summed E-state index contributed by atoms with van der Waals surface area (Å²) in [7, 11) is 0.813. The second-order valence-electron chi connectivity index (χ2n) is 12.0. The van der Waals surface area contributed by atoms with Crippen molar-refractivity contribution >= 4 is 25.5 Å². The van der Waals surface area contributed by atoms with Crippen molar-refractivity contribution < 1.29 is 52.3 Å². The molecule has 0 radical (unpaired) electrons. The number of phosphoric acid groups is 1. The maximum Gasteiger partial charge on any atom is 0.472 e. The van der Waals surface area contributed by atoms with Gasteiger partial charge in [-0.2, -0.15) is 0 Å². The molecule has 0 aliphatic heterocycles. The summed E-state index contributed by atoms with van der Waals surface area (Å²) in [4.78, 5) is 46.7. The number of hydrogen-bond donors (Lipinski definition) is 4. The van der Waals surface area contributed by atoms with Crippen molar-refractivity contribution in [3.63, 3.8) is 0 Å². The summed E-state index contributed by atoms with van der Waals surface area (Å²) < 4.78 is 28.3. The van der Waals surface area contributed by atoms with E-state index in [1.165, 1.54) is 51.4 Å². The lowest BCUT2D eigenvalue weighted by Gasteiger charge is -2.28. The van der Waals surface area contributed by atoms with Crippen molar-refractivity contribution in [3.8, 4) is 0 Å². The molecule has 0 rings (SSSR count). The fourth-order valence-electron chi connectivity index (χ4n) is 4.25. The molecule has 4 unspecified atom stereocenters. The van der Waals surface area contributed by atoms with Gasteiger partial charge in [-0.1, -0.05) is 84.0 Å². The second-order valence-corrected chi connectivity index (χ2v) is 13.4. The number of unbranched alkanes of at least 4 members (excludes halogenated alkanes) is 12. The van der Waals surface area contributed by atoms with Gasteiger partial charge in [0.25, 0.3) is 0 Å². The topological polar surface area (TPSA) is 183 Å². The number of carboxylic acids is 1. The summed E-state index contributed by atoms with van der Waals surface area (Å²) >= 11 is 0. The minimum Gasteiger partial charge on any atom is -0.481 e. The number of quaternary nitrogens is 1. The van der Waals surface area contributed by atoms with Crippen LogP contribution in [0.15, 0.2) is 0 Å². The molecule has 0 saturated carbocycles. The lowest BCUT2D eigenvalue weighted by atomic mass is 10.00. The van der Waals surface area contributed by atoms with Gasteiger partial charge in [0.05, 0.1) is 33.8 Å². The van der Waals surface area contributed by atoms with Gasteiger partial charge in [0.15, 0.2) is 11.9 Å². The Morgan fingerprint density at radius 3 is 1.81 bits per heavy atom. The van der Waals surface area contributed by atoms with Crippen LogP contribution in [0.3, 0.4) is 0 Å². The van der Waals surface area contributed by atoms with E-state index in [-0.39, 0.29) is 19.4 Å². The first-order valence-corrected chi connectivity index (χ1v) is 17.0. The highest BCUT2D eigenvalue weighted by molar-refractivity contribution is 7.47. The standard InChI is InChI=1S/C29H57N2O10P/c1-5-6-7-8-9-10-11-12-13-14-15-16-17-18-27(35)40-29(28(36)24(30)19-20-26(33)34)25(23-32)41-42(37,38)39-22-21-31(2,3)4/h24-25,29,32H,5-23,30H2,1-4H3,(H-,33,34,37,38)/p+1. The van der Waals surface area contributed by atoms with E-state index in [9.17, 15) is 28.9 Å². The molecule has 13 heteroatoms. The molecule has 0 aromatic heterocycles. The number of phosphoric ester groups is 1. The molecule has 0 fully saturated rings. The summed E-state index contributed by atoms with van der Waals surface area (Å²) in [5, 5.41) is 18.8. The van der Waals surface area contributed by atoms with Crippen molar-refractivity contribution in [3.05, 3.63) is 0 Å². The molecule has 0 spiro atoms. The number of hydrogen-bond acceptors (Lipinski definition) is 9. The Kier molecular flexibility index (Phi) is 22.3. The number of ether oxygens (including phenoxy) is 1. The Labute approximate surface area is 252 Å². The monoisotopic (exact) mass is 625 g/mol. The third-order valence-corrected chi connectivity index (χ3v) is 7.91. The number of aliphatic hydroxyl groups excluding tert-OH is 1. The third kappa shape index (κ3) is 22.2. The Morgan fingerprint density at radius 1 is 0.857 bits per heavy atom. The highest BCUT2D eigenvalue weighted by atomic mass is 31.2. The molecule has 12 nitrogen and oxygen atoms in total. The fraction of sp³-hybridized carbons (Fsp3) is 0.897. The Morgan fingerprint density at radius 2 is 1.36 bits per heavy atom. The number of aliphatic carboxylic acids is 1. The van der Waals surface area contributed by atoms with Gasteiger partial charge in [-0.3, -0.25) is 23.4 Å². The molecular formula is C29H58N2O10P+. The van der Waals surface area contributed by atoms with Gasteiger partial charge >= 0.3 is 19.8 Å². The quantitative estimate of drug-likeness (QED) is 0.0420. The van der Waals surface area contributed by atoms with Gasteiger partial charge in [0, 0.05) is 12.8 Å². The summed E-state index contributed by atoms with van der Waals surface area (Å²) in [5.41, 5.74) is 5.85. The molecular weight excluding hydrogens is 567 g/mol. The molecule has 0 aromatic rings. The predicted molar refractivity (Wildman–Crippen MR) is 161 cm³/mol. The number of Topliss-reactive ketones (excluding diaryl/α,β-unsaturated/α-hetero) is 1. The van der Waals surface area contributed by atoms with E-state index in [1.54, 1.807) is 0 Å². The molecule has 5 N–H and O–H groups in total. The van der Waals surface area contributed by atoms with Crippen LogP contribution < -0.4 is 5.73 Å². The average Bonchev–Trinajstić information content (AvgIpc) is 2.90. The van der Waals surface area contributed by atoms with E-state index >= 15 is 0 Å². The van der Waals surface area contributed by atoms with Crippen molar-refractivity contribution in [2.45, 2.75) is 128 Å². The van der Waals surface area contributed by atoms with Crippen molar-refractivity contribution in [2.24, 2.45) is 5.73 Å². The Hall–Kier alpha value is -1.40. The predicted octanol–water partition coefficient (Wildman–Crippen LogP) is 4.34. The molecule has 0 heterocycles. The van der Waals surface area contributed by atoms with Crippen molar-refractivity contribution in [2.75, 3.05) is 40.9 Å². The number of nitrogens with zero attached hydrogens (tertiary/aromatic N) is 1. The van der Waals surface area contributed by atoms with Crippen LogP contribution in [-0.4, -0.2) is 96.5 Å². The van der Waals surface area contributed by atoms with E-state index in [0.29, 0.717) is 17.4 Å². The van der Waals surface area contributed by atoms with E-state index in [1.807, 2.05) is 21.1 Å². The molecule has 0 aromatic carbocycles. The van der Waals surface area contributed by atoms with Crippen LogP contribution >= 0.6 is 7.82 Å². The number of esters is 1. The molecule has 42 heavy (non-hydrogen) atoms. The van der Waals surface area contributed by atoms with Gasteiger partial charge in [-0.05, 0) is 12.8 Å². The highest BCUT2D eigenvalue weighted by Gasteiger charge is 2.40.